The first kappa shape index (κ1) is 37.7. The van der Waals surface area contributed by atoms with E-state index in [4.69, 9.17) is 0 Å². The van der Waals surface area contributed by atoms with Crippen LogP contribution in [0.25, 0.3) is 54.6 Å². The normalized spacial score (nSPS) is 14.6. The molecular weight excluding hydrogens is 793 g/mol. The quantitative estimate of drug-likeness (QED) is 0.129. The van der Waals surface area contributed by atoms with Crippen LogP contribution in [0.3, 0.4) is 0 Å². The van der Waals surface area contributed by atoms with Crippen molar-refractivity contribution < 1.29 is 0 Å². The Morgan fingerprint density at radius 3 is 1.25 bits per heavy atom. The first-order valence-corrected chi connectivity index (χ1v) is 28.3. The molecule has 0 N–H and O–H groups in total. The summed E-state index contributed by atoms with van der Waals surface area (Å²) in [4.78, 5) is 5.06. The first-order valence-electron chi connectivity index (χ1n) is 22.3. The van der Waals surface area contributed by atoms with Gasteiger partial charge in [0.2, 0.25) is 0 Å². The molecule has 0 aliphatic carbocycles. The topological polar surface area (TPSA) is 6.48 Å². The Morgan fingerprint density at radius 1 is 0.333 bits per heavy atom. The van der Waals surface area contributed by atoms with Crippen LogP contribution in [-0.2, 0) is 0 Å². The third-order valence-electron chi connectivity index (χ3n) is 14.3. The van der Waals surface area contributed by atoms with E-state index >= 15 is 0 Å². The number of nitrogens with zero attached hydrogens (tertiary/aromatic N) is 2. The molecule has 10 aromatic carbocycles. The fourth-order valence-electron chi connectivity index (χ4n) is 11.2. The van der Waals surface area contributed by atoms with Gasteiger partial charge in [0.05, 0.1) is 0 Å². The van der Waals surface area contributed by atoms with Gasteiger partial charge >= 0.3 is 0 Å². The van der Waals surface area contributed by atoms with Crippen molar-refractivity contribution in [3.8, 4) is 22.3 Å². The minimum atomic E-state index is -1.96. The van der Waals surface area contributed by atoms with Crippen LogP contribution in [-0.4, -0.2) is 16.1 Å². The number of benzene rings is 10. The standard InChI is InChI=1S/C59H48N2Si2/c1-39-18-6-9-21-45(39)59-47-35-33-43(60-50-22-10-14-26-54(50)62(2,3)55-27-15-11-23-51(55)60)37-48(47)58(42-31-30-40-19-7-8-20-41(40)36-42)46-34-32-44(38-49(46)59)61-52-24-12-16-28-56(52)63(4,5)57-29-17-13-25-53(57)61/h6-38H,1-5H3. The van der Waals surface area contributed by atoms with Gasteiger partial charge in [-0.3, -0.25) is 0 Å². The summed E-state index contributed by atoms with van der Waals surface area (Å²) in [5.74, 6) is 0. The molecule has 4 heteroatoms. The number of para-hydroxylation sites is 4. The second kappa shape index (κ2) is 14.0. The van der Waals surface area contributed by atoms with E-state index in [2.05, 4.69) is 243 Å². The lowest BCUT2D eigenvalue weighted by Crippen LogP contribution is -2.58. The van der Waals surface area contributed by atoms with E-state index in [0.717, 1.165) is 0 Å². The molecule has 302 valence electrons. The summed E-state index contributed by atoms with van der Waals surface area (Å²) in [7, 11) is -3.92. The highest BCUT2D eigenvalue weighted by Crippen LogP contribution is 2.50. The van der Waals surface area contributed by atoms with Crippen molar-refractivity contribution in [3.63, 3.8) is 0 Å². The molecule has 63 heavy (non-hydrogen) atoms. The van der Waals surface area contributed by atoms with Crippen molar-refractivity contribution in [1.82, 2.24) is 0 Å². The van der Waals surface area contributed by atoms with Gasteiger partial charge in [0.25, 0.3) is 0 Å². The molecule has 0 amide bonds. The molecule has 0 bridgehead atoms. The zero-order valence-corrected chi connectivity index (χ0v) is 38.4. The lowest BCUT2D eigenvalue weighted by Gasteiger charge is -2.41. The highest BCUT2D eigenvalue weighted by Gasteiger charge is 2.40. The fourth-order valence-corrected chi connectivity index (χ4v) is 17.2. The Hall–Kier alpha value is -6.99. The number of rotatable bonds is 4. The summed E-state index contributed by atoms with van der Waals surface area (Å²) < 4.78 is 0. The van der Waals surface area contributed by atoms with Crippen molar-refractivity contribution in [1.29, 1.82) is 0 Å². The average molecular weight is 841 g/mol. The van der Waals surface area contributed by atoms with Crippen LogP contribution in [0.5, 0.6) is 0 Å². The van der Waals surface area contributed by atoms with Crippen LogP contribution in [0.1, 0.15) is 5.56 Å². The molecule has 0 atom stereocenters. The van der Waals surface area contributed by atoms with E-state index in [9.17, 15) is 0 Å². The van der Waals surface area contributed by atoms with Crippen LogP contribution in [0, 0.1) is 6.92 Å². The van der Waals surface area contributed by atoms with Crippen LogP contribution in [0.15, 0.2) is 200 Å². The van der Waals surface area contributed by atoms with E-state index in [1.54, 1.807) is 0 Å². The van der Waals surface area contributed by atoms with Crippen molar-refractivity contribution >= 4 is 103 Å². The molecule has 0 saturated carbocycles. The zero-order valence-electron chi connectivity index (χ0n) is 36.4. The summed E-state index contributed by atoms with van der Waals surface area (Å²) >= 11 is 0. The average Bonchev–Trinajstić information content (AvgIpc) is 3.31. The molecule has 0 spiro atoms. The predicted molar refractivity (Wildman–Crippen MR) is 277 cm³/mol. The molecule has 0 fully saturated rings. The predicted octanol–water partition coefficient (Wildman–Crippen LogP) is 14.0. The van der Waals surface area contributed by atoms with E-state index in [1.165, 1.54) is 115 Å². The zero-order chi connectivity index (χ0) is 42.6. The lowest BCUT2D eigenvalue weighted by molar-refractivity contribution is 1.29. The third kappa shape index (κ3) is 5.61. The number of fused-ring (bicyclic) bond motifs is 7. The van der Waals surface area contributed by atoms with Crippen molar-refractivity contribution in [2.75, 3.05) is 9.80 Å². The Labute approximate surface area is 372 Å². The number of anilines is 6. The van der Waals surface area contributed by atoms with Gasteiger partial charge in [-0.2, -0.15) is 0 Å². The molecule has 2 aliphatic heterocycles. The highest BCUT2D eigenvalue weighted by molar-refractivity contribution is 7.03. The van der Waals surface area contributed by atoms with E-state index in [0.29, 0.717) is 0 Å². The molecule has 10 aromatic rings. The van der Waals surface area contributed by atoms with Gasteiger partial charge < -0.3 is 9.80 Å². The van der Waals surface area contributed by atoms with Gasteiger partial charge in [-0.15, -0.1) is 0 Å². The maximum atomic E-state index is 2.53. The maximum Gasteiger partial charge on any atom is 0.117 e. The minimum Gasteiger partial charge on any atom is -0.311 e. The molecule has 12 rings (SSSR count). The van der Waals surface area contributed by atoms with Crippen molar-refractivity contribution in [2.45, 2.75) is 33.1 Å². The molecular formula is C59H48N2Si2. The van der Waals surface area contributed by atoms with Crippen LogP contribution in [0.4, 0.5) is 34.1 Å². The fraction of sp³-hybridized carbons (Fsp3) is 0.0847. The smallest absolute Gasteiger partial charge is 0.117 e. The highest BCUT2D eigenvalue weighted by atomic mass is 28.3. The Kier molecular flexibility index (Phi) is 8.40. The number of hydrogen-bond acceptors (Lipinski definition) is 2. The Morgan fingerprint density at radius 2 is 0.746 bits per heavy atom. The van der Waals surface area contributed by atoms with Gasteiger partial charge in [-0.25, -0.2) is 0 Å². The Bertz CT molecular complexity index is 3410. The number of aryl methyl sites for hydroxylation is 1. The van der Waals surface area contributed by atoms with Crippen LogP contribution < -0.4 is 30.5 Å². The van der Waals surface area contributed by atoms with Crippen molar-refractivity contribution in [2.24, 2.45) is 0 Å². The molecule has 0 unspecified atom stereocenters. The second-order valence-electron chi connectivity index (χ2n) is 18.6. The van der Waals surface area contributed by atoms with Crippen LogP contribution in [0.2, 0.25) is 26.2 Å². The van der Waals surface area contributed by atoms with E-state index in [-0.39, 0.29) is 0 Å². The van der Waals surface area contributed by atoms with Gasteiger partial charge in [-0.1, -0.05) is 172 Å². The molecule has 0 saturated heterocycles. The summed E-state index contributed by atoms with van der Waals surface area (Å²) in [6.45, 7) is 12.3. The van der Waals surface area contributed by atoms with Gasteiger partial charge in [0.15, 0.2) is 0 Å². The van der Waals surface area contributed by atoms with E-state index in [1.807, 2.05) is 0 Å². The van der Waals surface area contributed by atoms with Crippen LogP contribution >= 0.6 is 0 Å². The van der Waals surface area contributed by atoms with Gasteiger partial charge in [-0.05, 0) is 142 Å². The lowest BCUT2D eigenvalue weighted by atomic mass is 9.84. The summed E-state index contributed by atoms with van der Waals surface area (Å²) in [5.41, 5.74) is 13.8. The van der Waals surface area contributed by atoms with Gasteiger partial charge in [0.1, 0.15) is 16.1 Å². The largest absolute Gasteiger partial charge is 0.311 e. The molecule has 0 aromatic heterocycles. The van der Waals surface area contributed by atoms with Crippen molar-refractivity contribution in [3.05, 3.63) is 206 Å². The monoisotopic (exact) mass is 840 g/mol. The molecule has 2 aliphatic rings. The molecule has 0 radical (unpaired) electrons. The summed E-state index contributed by atoms with van der Waals surface area (Å²) in [6, 6.07) is 75.8. The SMILES string of the molecule is Cc1ccccc1-c1c2ccc(N3c4ccccc4[Si](C)(C)c4ccccc43)cc2c(-c2ccc3ccccc3c2)c2ccc(N3c4ccccc4[Si](C)(C)c4ccccc43)cc12. The number of hydrogen-bond donors (Lipinski definition) is 0. The second-order valence-corrected chi connectivity index (χ2v) is 27.2. The van der Waals surface area contributed by atoms with Gasteiger partial charge in [0, 0.05) is 34.1 Å². The van der Waals surface area contributed by atoms with E-state index < -0.39 is 16.1 Å². The first-order chi connectivity index (χ1) is 30.7. The third-order valence-corrected chi connectivity index (χ3v) is 21.4. The molecule has 2 nitrogen and oxygen atoms in total. The Balaban J connectivity index is 1.20. The summed E-state index contributed by atoms with van der Waals surface area (Å²) in [5, 5.41) is 13.4. The summed E-state index contributed by atoms with van der Waals surface area (Å²) in [6.07, 6.45) is 0. The minimum absolute atomic E-state index is 1.17. The molecule has 2 heterocycles. The maximum absolute atomic E-state index is 2.53.